The maximum absolute atomic E-state index is 11.9. The van der Waals surface area contributed by atoms with Crippen LogP contribution in [0.3, 0.4) is 0 Å². The summed E-state index contributed by atoms with van der Waals surface area (Å²) in [6.07, 6.45) is 5.74. The van der Waals surface area contributed by atoms with Gasteiger partial charge < -0.3 is 5.73 Å². The first-order chi connectivity index (χ1) is 6.56. The molecule has 1 aliphatic carbocycles. The summed E-state index contributed by atoms with van der Waals surface area (Å²) in [4.78, 5) is 0. The van der Waals surface area contributed by atoms with Crippen LogP contribution in [0.1, 0.15) is 45.4 Å². The third kappa shape index (κ3) is 3.24. The second kappa shape index (κ2) is 5.12. The van der Waals surface area contributed by atoms with Crippen LogP contribution in [0.25, 0.3) is 0 Å². The molecule has 0 heterocycles. The van der Waals surface area contributed by atoms with Crippen LogP contribution in [0, 0.1) is 0 Å². The van der Waals surface area contributed by atoms with E-state index < -0.39 is 9.84 Å². The molecular weight excluding hydrogens is 198 g/mol. The van der Waals surface area contributed by atoms with E-state index in [0.717, 1.165) is 32.1 Å². The minimum atomic E-state index is -2.92. The zero-order valence-corrected chi connectivity index (χ0v) is 9.72. The molecule has 0 aromatic carbocycles. The van der Waals surface area contributed by atoms with E-state index in [0.29, 0.717) is 0 Å². The molecule has 1 atom stereocenters. The van der Waals surface area contributed by atoms with Gasteiger partial charge in [0.25, 0.3) is 0 Å². The average Bonchev–Trinajstić information content (AvgIpc) is 2.18. The van der Waals surface area contributed by atoms with Crippen LogP contribution in [0.4, 0.5) is 0 Å². The Morgan fingerprint density at radius 3 is 2.36 bits per heavy atom. The molecular formula is C10H21NO2S. The molecule has 0 aromatic rings. The Morgan fingerprint density at radius 2 is 1.86 bits per heavy atom. The van der Waals surface area contributed by atoms with Gasteiger partial charge in [0.1, 0.15) is 0 Å². The molecule has 1 saturated carbocycles. The molecule has 0 aromatic heterocycles. The Labute approximate surface area is 87.0 Å². The van der Waals surface area contributed by atoms with Gasteiger partial charge in [0.15, 0.2) is 9.84 Å². The Morgan fingerprint density at radius 1 is 1.29 bits per heavy atom. The monoisotopic (exact) mass is 219 g/mol. The van der Waals surface area contributed by atoms with Crippen molar-refractivity contribution in [1.29, 1.82) is 0 Å². The summed E-state index contributed by atoms with van der Waals surface area (Å²) in [5, 5.41) is -0.103. The molecule has 0 amide bonds. The molecule has 4 heteroatoms. The number of rotatable bonds is 4. The average molecular weight is 219 g/mol. The maximum Gasteiger partial charge on any atom is 0.154 e. The van der Waals surface area contributed by atoms with Gasteiger partial charge in [-0.3, -0.25) is 0 Å². The van der Waals surface area contributed by atoms with E-state index in [2.05, 4.69) is 0 Å². The standard InChI is InChI=1S/C10H21NO2S/c1-2-9(11)8-14(12,13)10-6-4-3-5-7-10/h9-10H,2-8,11H2,1H3. The summed E-state index contributed by atoms with van der Waals surface area (Å²) < 4.78 is 23.7. The molecule has 1 aliphatic rings. The van der Waals surface area contributed by atoms with Crippen LogP contribution >= 0.6 is 0 Å². The Kier molecular flexibility index (Phi) is 4.38. The lowest BCUT2D eigenvalue weighted by molar-refractivity contribution is 0.480. The number of sulfone groups is 1. The highest BCUT2D eigenvalue weighted by atomic mass is 32.2. The lowest BCUT2D eigenvalue weighted by atomic mass is 10.0. The molecule has 2 N–H and O–H groups in total. The SMILES string of the molecule is CCC(N)CS(=O)(=O)C1CCCCC1. The quantitative estimate of drug-likeness (QED) is 0.779. The fourth-order valence-electron chi connectivity index (χ4n) is 1.98. The summed E-state index contributed by atoms with van der Waals surface area (Å²) in [6, 6.07) is -0.179. The van der Waals surface area contributed by atoms with E-state index in [1.165, 1.54) is 6.42 Å². The molecule has 0 aliphatic heterocycles. The second-order valence-corrected chi connectivity index (χ2v) is 6.58. The zero-order valence-electron chi connectivity index (χ0n) is 8.91. The number of hydrogen-bond donors (Lipinski definition) is 1. The van der Waals surface area contributed by atoms with Crippen molar-refractivity contribution in [3.63, 3.8) is 0 Å². The van der Waals surface area contributed by atoms with E-state index in [9.17, 15) is 8.42 Å². The van der Waals surface area contributed by atoms with E-state index in [1.54, 1.807) is 0 Å². The molecule has 1 rings (SSSR count). The zero-order chi connectivity index (χ0) is 10.6. The highest BCUT2D eigenvalue weighted by molar-refractivity contribution is 7.92. The highest BCUT2D eigenvalue weighted by Crippen LogP contribution is 2.24. The third-order valence-corrected chi connectivity index (χ3v) is 5.41. The molecule has 0 spiro atoms. The molecule has 0 radical (unpaired) electrons. The van der Waals surface area contributed by atoms with E-state index in [1.807, 2.05) is 6.92 Å². The fraction of sp³-hybridized carbons (Fsp3) is 1.00. The van der Waals surface area contributed by atoms with Crippen LogP contribution in [0.15, 0.2) is 0 Å². The second-order valence-electron chi connectivity index (χ2n) is 4.26. The minimum Gasteiger partial charge on any atom is -0.327 e. The minimum absolute atomic E-state index is 0.103. The van der Waals surface area contributed by atoms with Gasteiger partial charge in [0, 0.05) is 6.04 Å². The third-order valence-electron chi connectivity index (χ3n) is 3.03. The van der Waals surface area contributed by atoms with E-state index >= 15 is 0 Å². The molecule has 1 unspecified atom stereocenters. The summed E-state index contributed by atoms with van der Waals surface area (Å²) in [7, 11) is -2.92. The normalized spacial score (nSPS) is 22.1. The molecule has 3 nitrogen and oxygen atoms in total. The van der Waals surface area contributed by atoms with Crippen molar-refractivity contribution in [2.24, 2.45) is 5.73 Å². The largest absolute Gasteiger partial charge is 0.327 e. The van der Waals surface area contributed by atoms with Gasteiger partial charge in [-0.2, -0.15) is 0 Å². The van der Waals surface area contributed by atoms with Gasteiger partial charge in [0.2, 0.25) is 0 Å². The van der Waals surface area contributed by atoms with Gasteiger partial charge in [-0.15, -0.1) is 0 Å². The fourth-order valence-corrected chi connectivity index (χ4v) is 4.13. The van der Waals surface area contributed by atoms with Gasteiger partial charge in [-0.1, -0.05) is 26.2 Å². The highest BCUT2D eigenvalue weighted by Gasteiger charge is 2.28. The van der Waals surface area contributed by atoms with Gasteiger partial charge in [-0.25, -0.2) is 8.42 Å². The topological polar surface area (TPSA) is 60.2 Å². The Hall–Kier alpha value is -0.0900. The van der Waals surface area contributed by atoms with Crippen molar-refractivity contribution < 1.29 is 8.42 Å². The van der Waals surface area contributed by atoms with E-state index in [-0.39, 0.29) is 17.0 Å². The van der Waals surface area contributed by atoms with Crippen LogP contribution in [-0.2, 0) is 9.84 Å². The first kappa shape index (κ1) is 12.0. The summed E-state index contributed by atoms with van der Waals surface area (Å²) in [5.74, 6) is 0.175. The molecule has 84 valence electrons. The van der Waals surface area contributed by atoms with Gasteiger partial charge >= 0.3 is 0 Å². The first-order valence-corrected chi connectivity index (χ1v) is 7.25. The molecule has 0 bridgehead atoms. The summed E-state index contributed by atoms with van der Waals surface area (Å²) >= 11 is 0. The number of hydrogen-bond acceptors (Lipinski definition) is 3. The smallest absolute Gasteiger partial charge is 0.154 e. The van der Waals surface area contributed by atoms with Gasteiger partial charge in [-0.05, 0) is 19.3 Å². The summed E-state index contributed by atoms with van der Waals surface area (Å²) in [6.45, 7) is 1.93. The summed E-state index contributed by atoms with van der Waals surface area (Å²) in [5.41, 5.74) is 5.69. The molecule has 14 heavy (non-hydrogen) atoms. The van der Waals surface area contributed by atoms with Crippen LogP contribution in [-0.4, -0.2) is 25.5 Å². The lowest BCUT2D eigenvalue weighted by Crippen LogP contribution is -2.35. The molecule has 0 saturated heterocycles. The van der Waals surface area contributed by atoms with Crippen molar-refractivity contribution in [3.05, 3.63) is 0 Å². The Bertz CT molecular complexity index is 255. The van der Waals surface area contributed by atoms with Crippen LogP contribution in [0.5, 0.6) is 0 Å². The van der Waals surface area contributed by atoms with Crippen molar-refractivity contribution in [3.8, 4) is 0 Å². The lowest BCUT2D eigenvalue weighted by Gasteiger charge is -2.23. The van der Waals surface area contributed by atoms with Crippen molar-refractivity contribution >= 4 is 9.84 Å². The predicted molar refractivity (Wildman–Crippen MR) is 58.9 cm³/mol. The van der Waals surface area contributed by atoms with Crippen molar-refractivity contribution in [1.82, 2.24) is 0 Å². The van der Waals surface area contributed by atoms with Gasteiger partial charge in [0.05, 0.1) is 11.0 Å². The first-order valence-electron chi connectivity index (χ1n) is 5.53. The molecule has 1 fully saturated rings. The van der Waals surface area contributed by atoms with Crippen LogP contribution in [0.2, 0.25) is 0 Å². The van der Waals surface area contributed by atoms with E-state index in [4.69, 9.17) is 5.73 Å². The Balaban J connectivity index is 2.54. The number of nitrogens with two attached hydrogens (primary N) is 1. The maximum atomic E-state index is 11.9. The van der Waals surface area contributed by atoms with Crippen LogP contribution < -0.4 is 5.73 Å². The van der Waals surface area contributed by atoms with Crippen molar-refractivity contribution in [2.75, 3.05) is 5.75 Å². The predicted octanol–water partition coefficient (Wildman–Crippen LogP) is 1.47. The van der Waals surface area contributed by atoms with Crippen molar-refractivity contribution in [2.45, 2.75) is 56.7 Å².